The summed E-state index contributed by atoms with van der Waals surface area (Å²) in [4.78, 5) is 15.5. The van der Waals surface area contributed by atoms with Crippen molar-refractivity contribution < 1.29 is 9.90 Å². The van der Waals surface area contributed by atoms with E-state index in [4.69, 9.17) is 0 Å². The number of hydrogen-bond acceptors (Lipinski definition) is 3. The molecule has 1 N–H and O–H groups in total. The third-order valence-corrected chi connectivity index (χ3v) is 6.53. The van der Waals surface area contributed by atoms with Crippen LogP contribution in [-0.2, 0) is 7.05 Å². The lowest BCUT2D eigenvalue weighted by Gasteiger charge is -2.54. The largest absolute Gasteiger partial charge is 0.465 e. The average molecular weight is 318 g/mol. The van der Waals surface area contributed by atoms with Crippen LogP contribution in [0, 0.1) is 5.41 Å². The van der Waals surface area contributed by atoms with Crippen molar-refractivity contribution in [3.05, 3.63) is 18.0 Å². The van der Waals surface area contributed by atoms with Crippen molar-refractivity contribution in [2.45, 2.75) is 44.1 Å². The van der Waals surface area contributed by atoms with Gasteiger partial charge in [0.1, 0.15) is 0 Å². The van der Waals surface area contributed by atoms with E-state index >= 15 is 0 Å². The van der Waals surface area contributed by atoms with Gasteiger partial charge in [-0.2, -0.15) is 5.10 Å². The van der Waals surface area contributed by atoms with Gasteiger partial charge in [0.25, 0.3) is 0 Å². The Bertz CT molecular complexity index is 593. The minimum absolute atomic E-state index is 0.248. The highest BCUT2D eigenvalue weighted by Crippen LogP contribution is 2.51. The molecule has 0 bridgehead atoms. The fourth-order valence-corrected chi connectivity index (χ4v) is 5.08. The highest BCUT2D eigenvalue weighted by molar-refractivity contribution is 5.65. The standard InChI is InChI=1S/C17H26N4O2/c1-19-14(3-8-18-19)13-4-9-20(10-5-13)15-2-6-17(15)7-11-21(12-17)16(22)23/h3,8,13,15H,2,4-7,9-12H2,1H3,(H,22,23). The van der Waals surface area contributed by atoms with Crippen molar-refractivity contribution in [1.82, 2.24) is 19.6 Å². The summed E-state index contributed by atoms with van der Waals surface area (Å²) in [5, 5.41) is 13.5. The van der Waals surface area contributed by atoms with Gasteiger partial charge in [0.2, 0.25) is 0 Å². The molecule has 1 aromatic rings. The lowest BCUT2D eigenvalue weighted by Crippen LogP contribution is -2.58. The fourth-order valence-electron chi connectivity index (χ4n) is 5.08. The second-order valence-corrected chi connectivity index (χ2v) is 7.56. The van der Waals surface area contributed by atoms with E-state index in [0.29, 0.717) is 12.0 Å². The molecule has 2 aliphatic heterocycles. The first-order valence-corrected chi connectivity index (χ1v) is 8.79. The van der Waals surface area contributed by atoms with Crippen molar-refractivity contribution in [2.24, 2.45) is 12.5 Å². The van der Waals surface area contributed by atoms with Gasteiger partial charge in [-0.1, -0.05) is 0 Å². The Labute approximate surface area is 137 Å². The molecule has 1 amide bonds. The highest BCUT2D eigenvalue weighted by atomic mass is 16.4. The van der Waals surface area contributed by atoms with Gasteiger partial charge in [0, 0.05) is 49.4 Å². The molecule has 23 heavy (non-hydrogen) atoms. The molecule has 3 fully saturated rings. The molecule has 1 aliphatic carbocycles. The van der Waals surface area contributed by atoms with Crippen LogP contribution in [0.15, 0.2) is 12.3 Å². The molecule has 2 saturated heterocycles. The maximum atomic E-state index is 11.2. The Hall–Kier alpha value is -1.56. The van der Waals surface area contributed by atoms with Gasteiger partial charge in [-0.05, 0) is 51.3 Å². The molecule has 1 spiro atoms. The van der Waals surface area contributed by atoms with Gasteiger partial charge in [0.05, 0.1) is 0 Å². The van der Waals surface area contributed by atoms with E-state index in [2.05, 4.69) is 16.1 Å². The van der Waals surface area contributed by atoms with E-state index in [1.165, 1.54) is 31.4 Å². The summed E-state index contributed by atoms with van der Waals surface area (Å²) in [7, 11) is 2.03. The van der Waals surface area contributed by atoms with Crippen LogP contribution in [-0.4, -0.2) is 63.0 Å². The van der Waals surface area contributed by atoms with Gasteiger partial charge in [-0.3, -0.25) is 9.58 Å². The molecule has 6 nitrogen and oxygen atoms in total. The number of amides is 1. The van der Waals surface area contributed by atoms with Crippen molar-refractivity contribution in [1.29, 1.82) is 0 Å². The third kappa shape index (κ3) is 2.43. The molecule has 2 atom stereocenters. The van der Waals surface area contributed by atoms with Gasteiger partial charge in [-0.25, -0.2) is 4.79 Å². The lowest BCUT2D eigenvalue weighted by molar-refractivity contribution is -0.0300. The molecule has 3 heterocycles. The summed E-state index contributed by atoms with van der Waals surface area (Å²) in [6.45, 7) is 3.73. The van der Waals surface area contributed by atoms with Crippen molar-refractivity contribution in [3.63, 3.8) is 0 Å². The number of carbonyl (C=O) groups is 1. The van der Waals surface area contributed by atoms with Gasteiger partial charge >= 0.3 is 6.09 Å². The molecular weight excluding hydrogens is 292 g/mol. The van der Waals surface area contributed by atoms with Crippen molar-refractivity contribution in [3.8, 4) is 0 Å². The molecular formula is C17H26N4O2. The summed E-state index contributed by atoms with van der Waals surface area (Å²) in [5.41, 5.74) is 1.60. The average Bonchev–Trinajstić information content (AvgIpc) is 3.15. The first-order chi connectivity index (χ1) is 11.1. The predicted octanol–water partition coefficient (Wildman–Crippen LogP) is 2.13. The van der Waals surface area contributed by atoms with Crippen LogP contribution in [0.4, 0.5) is 4.79 Å². The van der Waals surface area contributed by atoms with E-state index in [1.54, 1.807) is 4.90 Å². The summed E-state index contributed by atoms with van der Waals surface area (Å²) >= 11 is 0. The summed E-state index contributed by atoms with van der Waals surface area (Å²) in [6, 6.07) is 2.74. The van der Waals surface area contributed by atoms with E-state index in [0.717, 1.165) is 32.6 Å². The molecule has 4 rings (SSSR count). The van der Waals surface area contributed by atoms with Crippen LogP contribution in [0.25, 0.3) is 0 Å². The van der Waals surface area contributed by atoms with Gasteiger partial charge in [0.15, 0.2) is 0 Å². The number of aryl methyl sites for hydroxylation is 1. The molecule has 2 unspecified atom stereocenters. The van der Waals surface area contributed by atoms with Crippen LogP contribution in [0.3, 0.4) is 0 Å². The number of hydrogen-bond donors (Lipinski definition) is 1. The van der Waals surface area contributed by atoms with Crippen LogP contribution >= 0.6 is 0 Å². The summed E-state index contributed by atoms with van der Waals surface area (Å²) in [6.07, 6.45) is 7.01. The second kappa shape index (κ2) is 5.51. The summed E-state index contributed by atoms with van der Waals surface area (Å²) in [5.74, 6) is 0.619. The van der Waals surface area contributed by atoms with Crippen LogP contribution in [0.1, 0.15) is 43.7 Å². The monoisotopic (exact) mass is 318 g/mol. The van der Waals surface area contributed by atoms with Gasteiger partial charge < -0.3 is 10.0 Å². The quantitative estimate of drug-likeness (QED) is 0.907. The third-order valence-electron chi connectivity index (χ3n) is 6.53. The van der Waals surface area contributed by atoms with E-state index in [1.807, 2.05) is 17.9 Å². The summed E-state index contributed by atoms with van der Waals surface area (Å²) < 4.78 is 2.01. The van der Waals surface area contributed by atoms with E-state index in [9.17, 15) is 9.90 Å². The molecule has 126 valence electrons. The first-order valence-electron chi connectivity index (χ1n) is 8.79. The van der Waals surface area contributed by atoms with Crippen molar-refractivity contribution in [2.75, 3.05) is 26.2 Å². The first kappa shape index (κ1) is 15.0. The van der Waals surface area contributed by atoms with Crippen LogP contribution < -0.4 is 0 Å². The number of rotatable bonds is 2. The Morgan fingerprint density at radius 1 is 1.26 bits per heavy atom. The number of piperidine rings is 1. The van der Waals surface area contributed by atoms with Gasteiger partial charge in [-0.15, -0.1) is 0 Å². The number of likely N-dealkylation sites (tertiary alicyclic amines) is 2. The molecule has 3 aliphatic rings. The number of aromatic nitrogens is 2. The number of nitrogens with zero attached hydrogens (tertiary/aromatic N) is 4. The second-order valence-electron chi connectivity index (χ2n) is 7.56. The maximum absolute atomic E-state index is 11.2. The zero-order valence-electron chi connectivity index (χ0n) is 13.8. The number of carboxylic acid groups (broad SMARTS) is 1. The fraction of sp³-hybridized carbons (Fsp3) is 0.765. The predicted molar refractivity (Wildman–Crippen MR) is 86.4 cm³/mol. The normalized spacial score (nSPS) is 32.4. The minimum Gasteiger partial charge on any atom is -0.465 e. The maximum Gasteiger partial charge on any atom is 0.407 e. The van der Waals surface area contributed by atoms with Crippen LogP contribution in [0.5, 0.6) is 0 Å². The van der Waals surface area contributed by atoms with E-state index < -0.39 is 6.09 Å². The molecule has 0 radical (unpaired) electrons. The Kier molecular flexibility index (Phi) is 3.59. The molecule has 1 saturated carbocycles. The smallest absolute Gasteiger partial charge is 0.407 e. The lowest BCUT2D eigenvalue weighted by atomic mass is 9.62. The Morgan fingerprint density at radius 3 is 2.57 bits per heavy atom. The zero-order valence-corrected chi connectivity index (χ0v) is 13.8. The molecule has 6 heteroatoms. The molecule has 1 aromatic heterocycles. The Balaban J connectivity index is 1.38. The topological polar surface area (TPSA) is 61.6 Å². The zero-order chi connectivity index (χ0) is 16.0. The van der Waals surface area contributed by atoms with Crippen molar-refractivity contribution >= 4 is 6.09 Å². The van der Waals surface area contributed by atoms with Crippen LogP contribution in [0.2, 0.25) is 0 Å². The SMILES string of the molecule is Cn1nccc1C1CCN(C2CCC23CCN(C(=O)O)C3)CC1. The Morgan fingerprint density at radius 2 is 2.04 bits per heavy atom. The minimum atomic E-state index is -0.748. The highest BCUT2D eigenvalue weighted by Gasteiger charge is 2.54. The van der Waals surface area contributed by atoms with E-state index in [-0.39, 0.29) is 5.41 Å². The molecule has 0 aromatic carbocycles.